The van der Waals surface area contributed by atoms with E-state index in [0.29, 0.717) is 19.3 Å². The number of likely N-dealkylation sites (tertiary alicyclic amines) is 1. The van der Waals surface area contributed by atoms with E-state index >= 15 is 0 Å². The van der Waals surface area contributed by atoms with E-state index in [2.05, 4.69) is 17.9 Å². The molecule has 3 nitrogen and oxygen atoms in total. The Morgan fingerprint density at radius 3 is 3.17 bits per heavy atom. The standard InChI is InChI=1S/C14H23NO2S/c1-12-5-2-3-7-15(12)9-13(16)10-17-11-14-6-4-8-18-14/h4,6,8,12-13,16H,2-3,5,7,9-11H2,1H3. The maximum absolute atomic E-state index is 9.98. The summed E-state index contributed by atoms with van der Waals surface area (Å²) in [4.78, 5) is 3.59. The van der Waals surface area contributed by atoms with Gasteiger partial charge < -0.3 is 9.84 Å². The monoisotopic (exact) mass is 269 g/mol. The molecule has 1 N–H and O–H groups in total. The van der Waals surface area contributed by atoms with Crippen molar-refractivity contribution in [2.75, 3.05) is 19.7 Å². The number of rotatable bonds is 6. The highest BCUT2D eigenvalue weighted by Crippen LogP contribution is 2.16. The molecule has 2 heterocycles. The quantitative estimate of drug-likeness (QED) is 0.861. The second-order valence-electron chi connectivity index (χ2n) is 5.09. The van der Waals surface area contributed by atoms with Crippen molar-refractivity contribution in [3.63, 3.8) is 0 Å². The number of aliphatic hydroxyl groups is 1. The highest BCUT2D eigenvalue weighted by Gasteiger charge is 2.20. The minimum Gasteiger partial charge on any atom is -0.389 e. The number of hydrogen-bond donors (Lipinski definition) is 1. The van der Waals surface area contributed by atoms with Crippen molar-refractivity contribution in [2.24, 2.45) is 0 Å². The summed E-state index contributed by atoms with van der Waals surface area (Å²) in [7, 11) is 0. The van der Waals surface area contributed by atoms with Crippen molar-refractivity contribution in [3.8, 4) is 0 Å². The first-order valence-electron chi connectivity index (χ1n) is 6.78. The van der Waals surface area contributed by atoms with Gasteiger partial charge in [0.1, 0.15) is 0 Å². The van der Waals surface area contributed by atoms with Gasteiger partial charge in [0.15, 0.2) is 0 Å². The van der Waals surface area contributed by atoms with Crippen LogP contribution < -0.4 is 0 Å². The molecule has 0 saturated carbocycles. The number of piperidine rings is 1. The van der Waals surface area contributed by atoms with Crippen LogP contribution in [0.3, 0.4) is 0 Å². The zero-order valence-corrected chi connectivity index (χ0v) is 11.9. The summed E-state index contributed by atoms with van der Waals surface area (Å²) in [6.07, 6.45) is 3.46. The van der Waals surface area contributed by atoms with Gasteiger partial charge >= 0.3 is 0 Å². The third-order valence-electron chi connectivity index (χ3n) is 3.52. The van der Waals surface area contributed by atoms with E-state index in [4.69, 9.17) is 4.74 Å². The van der Waals surface area contributed by atoms with Crippen molar-refractivity contribution in [2.45, 2.75) is 44.9 Å². The van der Waals surface area contributed by atoms with Crippen LogP contribution in [0.25, 0.3) is 0 Å². The van der Waals surface area contributed by atoms with Crippen LogP contribution in [0.1, 0.15) is 31.1 Å². The van der Waals surface area contributed by atoms with E-state index in [9.17, 15) is 5.11 Å². The summed E-state index contributed by atoms with van der Waals surface area (Å²) in [6.45, 7) is 5.15. The number of hydrogen-bond acceptors (Lipinski definition) is 4. The van der Waals surface area contributed by atoms with Crippen molar-refractivity contribution in [3.05, 3.63) is 22.4 Å². The van der Waals surface area contributed by atoms with Crippen LogP contribution in [0.2, 0.25) is 0 Å². The fraction of sp³-hybridized carbons (Fsp3) is 0.714. The lowest BCUT2D eigenvalue weighted by Gasteiger charge is -2.34. The molecule has 2 rings (SSSR count). The fourth-order valence-corrected chi connectivity index (χ4v) is 3.08. The first kappa shape index (κ1) is 14.0. The minimum atomic E-state index is -0.370. The van der Waals surface area contributed by atoms with Crippen LogP contribution >= 0.6 is 11.3 Å². The molecule has 1 aromatic rings. The number of aliphatic hydroxyl groups excluding tert-OH is 1. The fourth-order valence-electron chi connectivity index (χ4n) is 2.44. The highest BCUT2D eigenvalue weighted by molar-refractivity contribution is 7.09. The van der Waals surface area contributed by atoms with Crippen molar-refractivity contribution in [1.29, 1.82) is 0 Å². The molecule has 18 heavy (non-hydrogen) atoms. The largest absolute Gasteiger partial charge is 0.389 e. The summed E-state index contributed by atoms with van der Waals surface area (Å²) >= 11 is 1.69. The number of nitrogens with zero attached hydrogens (tertiary/aromatic N) is 1. The molecule has 1 fully saturated rings. The van der Waals surface area contributed by atoms with Gasteiger partial charge in [-0.15, -0.1) is 11.3 Å². The second kappa shape index (κ2) is 7.24. The minimum absolute atomic E-state index is 0.370. The molecule has 1 aromatic heterocycles. The predicted molar refractivity (Wildman–Crippen MR) is 74.9 cm³/mol. The van der Waals surface area contributed by atoms with E-state index in [1.807, 2.05) is 11.4 Å². The van der Waals surface area contributed by atoms with Gasteiger partial charge in [-0.05, 0) is 37.8 Å². The van der Waals surface area contributed by atoms with Crippen molar-refractivity contribution < 1.29 is 9.84 Å². The average Bonchev–Trinajstić information content (AvgIpc) is 2.85. The van der Waals surface area contributed by atoms with Gasteiger partial charge in [-0.25, -0.2) is 0 Å². The van der Waals surface area contributed by atoms with Gasteiger partial charge in [0.2, 0.25) is 0 Å². The molecule has 0 aromatic carbocycles. The Hall–Kier alpha value is -0.420. The average molecular weight is 269 g/mol. The Morgan fingerprint density at radius 2 is 2.44 bits per heavy atom. The molecule has 2 unspecified atom stereocenters. The third-order valence-corrected chi connectivity index (χ3v) is 4.37. The van der Waals surface area contributed by atoms with Crippen LogP contribution in [-0.4, -0.2) is 41.8 Å². The Kier molecular flexibility index (Phi) is 5.63. The molecule has 1 aliphatic heterocycles. The molecule has 1 aliphatic rings. The van der Waals surface area contributed by atoms with Crippen LogP contribution in [0.5, 0.6) is 0 Å². The van der Waals surface area contributed by atoms with Gasteiger partial charge in [-0.1, -0.05) is 12.5 Å². The van der Waals surface area contributed by atoms with Crippen LogP contribution in [0.15, 0.2) is 17.5 Å². The Morgan fingerprint density at radius 1 is 1.56 bits per heavy atom. The Balaban J connectivity index is 1.63. The number of thiophene rings is 1. The topological polar surface area (TPSA) is 32.7 Å². The lowest BCUT2D eigenvalue weighted by molar-refractivity contribution is -0.000741. The normalized spacial score (nSPS) is 23.1. The first-order chi connectivity index (χ1) is 8.75. The van der Waals surface area contributed by atoms with Crippen molar-refractivity contribution in [1.82, 2.24) is 4.90 Å². The van der Waals surface area contributed by atoms with Crippen LogP contribution in [-0.2, 0) is 11.3 Å². The van der Waals surface area contributed by atoms with Crippen LogP contribution in [0, 0.1) is 0 Å². The lowest BCUT2D eigenvalue weighted by Crippen LogP contribution is -2.43. The van der Waals surface area contributed by atoms with Gasteiger partial charge in [0, 0.05) is 17.5 Å². The van der Waals surface area contributed by atoms with Gasteiger partial charge in [-0.2, -0.15) is 0 Å². The Bertz CT molecular complexity index is 329. The van der Waals surface area contributed by atoms with E-state index in [0.717, 1.165) is 13.1 Å². The molecular weight excluding hydrogens is 246 g/mol. The van der Waals surface area contributed by atoms with Crippen LogP contribution in [0.4, 0.5) is 0 Å². The molecule has 1 saturated heterocycles. The van der Waals surface area contributed by atoms with Gasteiger partial charge in [0.25, 0.3) is 0 Å². The molecule has 0 bridgehead atoms. The van der Waals surface area contributed by atoms with Gasteiger partial charge in [0.05, 0.1) is 19.3 Å². The Labute approximate surface area is 113 Å². The van der Waals surface area contributed by atoms with E-state index in [-0.39, 0.29) is 6.10 Å². The number of β-amino-alcohol motifs (C(OH)–C–C–N with tert-alkyl or cyclic N) is 1. The van der Waals surface area contributed by atoms with Gasteiger partial charge in [-0.3, -0.25) is 4.90 Å². The molecule has 0 aliphatic carbocycles. The smallest absolute Gasteiger partial charge is 0.0900 e. The highest BCUT2D eigenvalue weighted by atomic mass is 32.1. The zero-order valence-electron chi connectivity index (χ0n) is 11.0. The summed E-state index contributed by atoms with van der Waals surface area (Å²) in [5.41, 5.74) is 0. The van der Waals surface area contributed by atoms with Crippen molar-refractivity contribution >= 4 is 11.3 Å². The third kappa shape index (κ3) is 4.35. The molecule has 102 valence electrons. The zero-order chi connectivity index (χ0) is 12.8. The molecular formula is C14H23NO2S. The molecule has 0 spiro atoms. The lowest BCUT2D eigenvalue weighted by atomic mass is 10.0. The second-order valence-corrected chi connectivity index (χ2v) is 6.12. The summed E-state index contributed by atoms with van der Waals surface area (Å²) in [5.74, 6) is 0. The SMILES string of the molecule is CC1CCCCN1CC(O)COCc1cccs1. The van der Waals surface area contributed by atoms with E-state index in [1.165, 1.54) is 24.1 Å². The number of ether oxygens (including phenoxy) is 1. The first-order valence-corrected chi connectivity index (χ1v) is 7.66. The summed E-state index contributed by atoms with van der Waals surface area (Å²) in [6, 6.07) is 4.68. The van der Waals surface area contributed by atoms with E-state index < -0.39 is 0 Å². The summed E-state index contributed by atoms with van der Waals surface area (Å²) in [5, 5.41) is 12.0. The van der Waals surface area contributed by atoms with E-state index in [1.54, 1.807) is 11.3 Å². The molecule has 0 amide bonds. The maximum Gasteiger partial charge on any atom is 0.0900 e. The molecule has 2 atom stereocenters. The maximum atomic E-state index is 9.98. The molecule has 0 radical (unpaired) electrons. The summed E-state index contributed by atoms with van der Waals surface area (Å²) < 4.78 is 5.55. The molecule has 4 heteroatoms. The predicted octanol–water partition coefficient (Wildman–Crippen LogP) is 2.50.